The van der Waals surface area contributed by atoms with E-state index in [4.69, 9.17) is 4.74 Å². The first-order chi connectivity index (χ1) is 12.0. The number of benzene rings is 1. The summed E-state index contributed by atoms with van der Waals surface area (Å²) in [5.41, 5.74) is 0.739. The number of hydrogen-bond acceptors (Lipinski definition) is 7. The van der Waals surface area contributed by atoms with Crippen LogP contribution in [-0.2, 0) is 4.79 Å². The molecule has 0 radical (unpaired) electrons. The third-order valence-corrected chi connectivity index (χ3v) is 3.93. The van der Waals surface area contributed by atoms with Gasteiger partial charge in [0.05, 0.1) is 18.6 Å². The van der Waals surface area contributed by atoms with Crippen molar-refractivity contribution in [3.8, 4) is 11.4 Å². The predicted octanol–water partition coefficient (Wildman–Crippen LogP) is 1.24. The number of tetrazole rings is 1. The number of nitrogens with one attached hydrogen (secondary N) is 2. The summed E-state index contributed by atoms with van der Waals surface area (Å²) >= 11 is 1.14. The van der Waals surface area contributed by atoms with Gasteiger partial charge in [-0.15, -0.1) is 5.10 Å². The topological polar surface area (TPSA) is 111 Å². The van der Waals surface area contributed by atoms with Crippen molar-refractivity contribution in [2.45, 2.75) is 19.0 Å². The van der Waals surface area contributed by atoms with Crippen LogP contribution in [0, 0.1) is 5.92 Å². The summed E-state index contributed by atoms with van der Waals surface area (Å²) in [4.78, 5) is 23.4. The maximum Gasteiger partial charge on any atom is 0.321 e. The largest absolute Gasteiger partial charge is 0.497 e. The van der Waals surface area contributed by atoms with Gasteiger partial charge in [-0.05, 0) is 40.6 Å². The molecule has 0 fully saturated rings. The molecule has 2 aromatic rings. The fraction of sp³-hybridized carbons (Fsp3) is 0.400. The first-order valence-corrected chi connectivity index (χ1v) is 8.61. The first-order valence-electron chi connectivity index (χ1n) is 7.63. The third kappa shape index (κ3) is 5.75. The van der Waals surface area contributed by atoms with E-state index in [9.17, 15) is 9.59 Å². The highest BCUT2D eigenvalue weighted by atomic mass is 32.2. The Morgan fingerprint density at radius 1 is 1.28 bits per heavy atom. The number of carbonyl (C=O) groups excluding carboxylic acids is 2. The number of imide groups is 1. The molecule has 9 nitrogen and oxygen atoms in total. The van der Waals surface area contributed by atoms with Crippen LogP contribution in [0.3, 0.4) is 0 Å². The number of rotatable bonds is 7. The molecule has 0 atom stereocenters. The molecule has 0 aliphatic carbocycles. The molecule has 25 heavy (non-hydrogen) atoms. The highest BCUT2D eigenvalue weighted by Crippen LogP contribution is 2.20. The van der Waals surface area contributed by atoms with E-state index in [1.165, 1.54) is 4.68 Å². The molecule has 1 aromatic heterocycles. The van der Waals surface area contributed by atoms with Crippen molar-refractivity contribution in [2.24, 2.45) is 5.92 Å². The Morgan fingerprint density at radius 3 is 2.64 bits per heavy atom. The van der Waals surface area contributed by atoms with Gasteiger partial charge in [0.1, 0.15) is 5.75 Å². The third-order valence-electron chi connectivity index (χ3n) is 3.01. The number of ether oxygens (including phenoxy) is 1. The van der Waals surface area contributed by atoms with Gasteiger partial charge in [-0.25, -0.2) is 4.79 Å². The number of thioether (sulfide) groups is 1. The molecule has 0 bridgehead atoms. The summed E-state index contributed by atoms with van der Waals surface area (Å²) in [5.74, 6) is 0.628. The van der Waals surface area contributed by atoms with E-state index < -0.39 is 11.9 Å². The van der Waals surface area contributed by atoms with Crippen molar-refractivity contribution in [1.29, 1.82) is 0 Å². The average Bonchev–Trinajstić information content (AvgIpc) is 3.07. The summed E-state index contributed by atoms with van der Waals surface area (Å²) in [6.07, 6.45) is 0. The van der Waals surface area contributed by atoms with Crippen LogP contribution in [0.1, 0.15) is 13.8 Å². The van der Waals surface area contributed by atoms with Crippen LogP contribution in [0.15, 0.2) is 29.4 Å². The Labute approximate surface area is 149 Å². The van der Waals surface area contributed by atoms with Crippen LogP contribution in [0.2, 0.25) is 0 Å². The smallest absolute Gasteiger partial charge is 0.321 e. The summed E-state index contributed by atoms with van der Waals surface area (Å²) < 4.78 is 6.62. The average molecular weight is 364 g/mol. The second kappa shape index (κ2) is 9.02. The molecule has 0 saturated heterocycles. The van der Waals surface area contributed by atoms with Gasteiger partial charge in [-0.2, -0.15) is 4.68 Å². The van der Waals surface area contributed by atoms with Crippen LogP contribution in [0.5, 0.6) is 5.75 Å². The molecular formula is C15H20N6O3S. The van der Waals surface area contributed by atoms with Crippen molar-refractivity contribution < 1.29 is 14.3 Å². The molecule has 3 amide bonds. The summed E-state index contributed by atoms with van der Waals surface area (Å²) in [6.45, 7) is 4.44. The van der Waals surface area contributed by atoms with Gasteiger partial charge in [0.2, 0.25) is 11.1 Å². The van der Waals surface area contributed by atoms with Gasteiger partial charge in [-0.3, -0.25) is 10.1 Å². The van der Waals surface area contributed by atoms with Crippen LogP contribution in [-0.4, -0.2) is 51.6 Å². The zero-order valence-electron chi connectivity index (χ0n) is 14.2. The number of methoxy groups -OCH3 is 1. The van der Waals surface area contributed by atoms with Crippen molar-refractivity contribution in [2.75, 3.05) is 19.4 Å². The maximum absolute atomic E-state index is 11.8. The SMILES string of the molecule is COc1ccc(-n2nnnc2SCC(=O)NC(=O)NCC(C)C)cc1. The lowest BCUT2D eigenvalue weighted by molar-refractivity contribution is -0.117. The van der Waals surface area contributed by atoms with Crippen LogP contribution in [0.4, 0.5) is 4.79 Å². The fourth-order valence-electron chi connectivity index (χ4n) is 1.79. The van der Waals surface area contributed by atoms with Crippen molar-refractivity contribution in [3.63, 3.8) is 0 Å². The molecule has 0 spiro atoms. The molecular weight excluding hydrogens is 344 g/mol. The Hall–Kier alpha value is -2.62. The molecule has 0 unspecified atom stereocenters. The zero-order valence-corrected chi connectivity index (χ0v) is 15.0. The van der Waals surface area contributed by atoms with E-state index in [-0.39, 0.29) is 5.75 Å². The van der Waals surface area contributed by atoms with E-state index in [0.29, 0.717) is 17.6 Å². The minimum absolute atomic E-state index is 0.0195. The number of amides is 3. The van der Waals surface area contributed by atoms with E-state index in [0.717, 1.165) is 23.2 Å². The molecule has 2 rings (SSSR count). The minimum Gasteiger partial charge on any atom is -0.497 e. The molecule has 0 aliphatic heterocycles. The van der Waals surface area contributed by atoms with Gasteiger partial charge >= 0.3 is 6.03 Å². The number of nitrogens with zero attached hydrogens (tertiary/aromatic N) is 4. The Balaban J connectivity index is 1.90. The van der Waals surface area contributed by atoms with Gasteiger partial charge < -0.3 is 10.1 Å². The molecule has 134 valence electrons. The summed E-state index contributed by atoms with van der Waals surface area (Å²) in [5, 5.41) is 16.8. The summed E-state index contributed by atoms with van der Waals surface area (Å²) in [7, 11) is 1.59. The normalized spacial score (nSPS) is 10.6. The lowest BCUT2D eigenvalue weighted by Crippen LogP contribution is -2.41. The van der Waals surface area contributed by atoms with E-state index in [1.54, 1.807) is 31.4 Å². The highest BCUT2D eigenvalue weighted by Gasteiger charge is 2.13. The van der Waals surface area contributed by atoms with Crippen molar-refractivity contribution >= 4 is 23.7 Å². The quantitative estimate of drug-likeness (QED) is 0.711. The van der Waals surface area contributed by atoms with E-state index >= 15 is 0 Å². The van der Waals surface area contributed by atoms with Gasteiger partial charge in [-0.1, -0.05) is 25.6 Å². The second-order valence-corrected chi connectivity index (χ2v) is 6.45. The first kappa shape index (κ1) is 18.7. The molecule has 1 heterocycles. The predicted molar refractivity (Wildman–Crippen MR) is 92.8 cm³/mol. The van der Waals surface area contributed by atoms with Crippen LogP contribution >= 0.6 is 11.8 Å². The molecule has 10 heteroatoms. The number of carbonyl (C=O) groups is 2. The van der Waals surface area contributed by atoms with E-state index in [2.05, 4.69) is 26.2 Å². The van der Waals surface area contributed by atoms with Gasteiger partial charge in [0, 0.05) is 6.54 Å². The van der Waals surface area contributed by atoms with Gasteiger partial charge in [0.15, 0.2) is 0 Å². The minimum atomic E-state index is -0.506. The zero-order chi connectivity index (χ0) is 18.2. The number of aromatic nitrogens is 4. The van der Waals surface area contributed by atoms with Crippen LogP contribution in [0.25, 0.3) is 5.69 Å². The lowest BCUT2D eigenvalue weighted by Gasteiger charge is -2.08. The molecule has 0 aliphatic rings. The van der Waals surface area contributed by atoms with Crippen LogP contribution < -0.4 is 15.4 Å². The highest BCUT2D eigenvalue weighted by molar-refractivity contribution is 7.99. The number of urea groups is 1. The Morgan fingerprint density at radius 2 is 2.00 bits per heavy atom. The maximum atomic E-state index is 11.8. The molecule has 0 saturated carbocycles. The van der Waals surface area contributed by atoms with E-state index in [1.807, 2.05) is 13.8 Å². The second-order valence-electron chi connectivity index (χ2n) is 5.51. The molecule has 2 N–H and O–H groups in total. The molecule has 1 aromatic carbocycles. The van der Waals surface area contributed by atoms with Crippen molar-refractivity contribution in [3.05, 3.63) is 24.3 Å². The Bertz CT molecular complexity index is 716. The Kier molecular flexibility index (Phi) is 6.75. The van der Waals surface area contributed by atoms with Gasteiger partial charge in [0.25, 0.3) is 0 Å². The fourth-order valence-corrected chi connectivity index (χ4v) is 2.48. The van der Waals surface area contributed by atoms with Crippen molar-refractivity contribution in [1.82, 2.24) is 30.8 Å². The monoisotopic (exact) mass is 364 g/mol. The summed E-state index contributed by atoms with van der Waals surface area (Å²) in [6, 6.07) is 6.68. The number of hydrogen-bond donors (Lipinski definition) is 2. The lowest BCUT2D eigenvalue weighted by atomic mass is 10.2. The standard InChI is InChI=1S/C15H20N6O3S/c1-10(2)8-16-14(23)17-13(22)9-25-15-18-19-20-21(15)11-4-6-12(24-3)7-5-11/h4-7,10H,8-9H2,1-3H3,(H2,16,17,22,23).